The number of aryl methyl sites for hydroxylation is 1. The van der Waals surface area contributed by atoms with Gasteiger partial charge < -0.3 is 9.73 Å². The zero-order valence-electron chi connectivity index (χ0n) is 10.7. The molecular weight excluding hydrogens is 250 g/mol. The molecule has 0 spiro atoms. The molecule has 102 valence electrons. The Morgan fingerprint density at radius 3 is 3.00 bits per heavy atom. The molecule has 1 aliphatic heterocycles. The molecule has 2 heterocycles. The fraction of sp³-hybridized carbons (Fsp3) is 0.500. The van der Waals surface area contributed by atoms with Gasteiger partial charge >= 0.3 is 0 Å². The van der Waals surface area contributed by atoms with Crippen LogP contribution in [0.5, 0.6) is 0 Å². The van der Waals surface area contributed by atoms with Crippen LogP contribution in [0.4, 0.5) is 8.78 Å². The minimum atomic E-state index is -2.83. The van der Waals surface area contributed by atoms with Gasteiger partial charge in [-0.3, -0.25) is 0 Å². The molecule has 0 bridgehead atoms. The number of halogens is 2. The molecule has 1 atom stereocenters. The fourth-order valence-electron chi connectivity index (χ4n) is 2.64. The van der Waals surface area contributed by atoms with E-state index in [0.29, 0.717) is 30.0 Å². The summed E-state index contributed by atoms with van der Waals surface area (Å²) in [6.45, 7) is 2.90. The van der Waals surface area contributed by atoms with Crippen molar-refractivity contribution in [2.24, 2.45) is 5.92 Å². The van der Waals surface area contributed by atoms with Crippen molar-refractivity contribution in [3.63, 3.8) is 0 Å². The first-order valence-electron chi connectivity index (χ1n) is 6.53. The molecule has 0 amide bonds. The molecule has 3 nitrogen and oxygen atoms in total. The quantitative estimate of drug-likeness (QED) is 0.907. The Bertz CT molecular complexity index is 588. The minimum Gasteiger partial charge on any atom is -0.441 e. The first-order chi connectivity index (χ1) is 9.07. The minimum absolute atomic E-state index is 0.0184. The van der Waals surface area contributed by atoms with Crippen LogP contribution in [0.3, 0.4) is 0 Å². The lowest BCUT2D eigenvalue weighted by molar-refractivity contribution is -0.0724. The maximum Gasteiger partial charge on any atom is 0.277 e. The third-order valence-electron chi connectivity index (χ3n) is 3.69. The Kier molecular flexibility index (Phi) is 3.01. The molecule has 19 heavy (non-hydrogen) atoms. The van der Waals surface area contributed by atoms with Crippen molar-refractivity contribution >= 4 is 11.1 Å². The van der Waals surface area contributed by atoms with Gasteiger partial charge in [-0.15, -0.1) is 0 Å². The first-order valence-corrected chi connectivity index (χ1v) is 6.53. The zero-order valence-corrected chi connectivity index (χ0v) is 10.7. The summed E-state index contributed by atoms with van der Waals surface area (Å²) in [5.41, 5.74) is 1.07. The summed E-state index contributed by atoms with van der Waals surface area (Å²) in [6, 6.07) is 4.48. The van der Waals surface area contributed by atoms with Gasteiger partial charge in [0.25, 0.3) is 5.92 Å². The number of hydrogen-bond acceptors (Lipinski definition) is 3. The van der Waals surface area contributed by atoms with E-state index in [4.69, 9.17) is 4.42 Å². The van der Waals surface area contributed by atoms with Crippen LogP contribution >= 0.6 is 0 Å². The van der Waals surface area contributed by atoms with E-state index >= 15 is 0 Å². The number of fused-ring (bicyclic) bond motifs is 1. The highest BCUT2D eigenvalue weighted by molar-refractivity contribution is 5.73. The largest absolute Gasteiger partial charge is 0.441 e. The van der Waals surface area contributed by atoms with Crippen molar-refractivity contribution in [3.8, 4) is 0 Å². The lowest BCUT2D eigenvalue weighted by Crippen LogP contribution is -2.39. The van der Waals surface area contributed by atoms with Crippen LogP contribution in [-0.2, 0) is 5.92 Å². The molecule has 1 aliphatic rings. The highest BCUT2D eigenvalue weighted by atomic mass is 19.3. The molecular formula is C14H16F2N2O. The summed E-state index contributed by atoms with van der Waals surface area (Å²) in [7, 11) is 0. The number of alkyl halides is 2. The van der Waals surface area contributed by atoms with E-state index in [9.17, 15) is 8.78 Å². The number of benzene rings is 1. The zero-order chi connectivity index (χ0) is 13.5. The van der Waals surface area contributed by atoms with E-state index in [1.54, 1.807) is 13.0 Å². The lowest BCUT2D eigenvalue weighted by Gasteiger charge is -2.30. The van der Waals surface area contributed by atoms with Gasteiger partial charge in [-0.05, 0) is 31.5 Å². The summed E-state index contributed by atoms with van der Waals surface area (Å²) < 4.78 is 34.3. The third kappa shape index (κ3) is 2.23. The average molecular weight is 266 g/mol. The van der Waals surface area contributed by atoms with Crippen molar-refractivity contribution < 1.29 is 13.2 Å². The number of aromatic nitrogens is 1. The van der Waals surface area contributed by atoms with Gasteiger partial charge in [0.15, 0.2) is 11.5 Å². The predicted molar refractivity (Wildman–Crippen MR) is 68.2 cm³/mol. The summed E-state index contributed by atoms with van der Waals surface area (Å²) in [5, 5.41) is 3.04. The molecule has 1 fully saturated rings. The monoisotopic (exact) mass is 266 g/mol. The van der Waals surface area contributed by atoms with Gasteiger partial charge in [0.1, 0.15) is 5.52 Å². The van der Waals surface area contributed by atoms with Crippen molar-refractivity contribution in [1.82, 2.24) is 10.3 Å². The molecule has 0 aliphatic carbocycles. The highest BCUT2D eigenvalue weighted by Gasteiger charge is 2.41. The molecule has 1 N–H and O–H groups in total. The SMILES string of the molecule is Cc1nc2ccc(C(F)(F)C3CCCNC3)cc2o1. The summed E-state index contributed by atoms with van der Waals surface area (Å²) in [5.74, 6) is -2.99. The van der Waals surface area contributed by atoms with Crippen LogP contribution in [0.2, 0.25) is 0 Å². The number of piperidine rings is 1. The van der Waals surface area contributed by atoms with E-state index in [1.165, 1.54) is 12.1 Å². The number of rotatable bonds is 2. The molecule has 5 heteroatoms. The number of oxazole rings is 1. The van der Waals surface area contributed by atoms with Crippen LogP contribution in [0, 0.1) is 12.8 Å². The van der Waals surface area contributed by atoms with E-state index in [1.807, 2.05) is 0 Å². The van der Waals surface area contributed by atoms with E-state index in [-0.39, 0.29) is 5.56 Å². The molecule has 3 rings (SSSR count). The normalized spacial score (nSPS) is 20.9. The van der Waals surface area contributed by atoms with Gasteiger partial charge in [-0.2, -0.15) is 0 Å². The van der Waals surface area contributed by atoms with Gasteiger partial charge in [0, 0.05) is 24.9 Å². The standard InChI is InChI=1S/C14H16F2N2O/c1-9-18-12-5-4-10(7-13(12)19-9)14(15,16)11-3-2-6-17-8-11/h4-5,7,11,17H,2-3,6,8H2,1H3. The molecule has 1 unspecified atom stereocenters. The van der Waals surface area contributed by atoms with Crippen LogP contribution in [0.25, 0.3) is 11.1 Å². The summed E-state index contributed by atoms with van der Waals surface area (Å²) >= 11 is 0. The second kappa shape index (κ2) is 4.56. The van der Waals surface area contributed by atoms with Crippen molar-refractivity contribution in [1.29, 1.82) is 0 Å². The first kappa shape index (κ1) is 12.5. The Labute approximate surface area is 110 Å². The van der Waals surface area contributed by atoms with Gasteiger partial charge in [0.05, 0.1) is 0 Å². The Balaban J connectivity index is 1.96. The molecule has 1 saturated heterocycles. The third-order valence-corrected chi connectivity index (χ3v) is 3.69. The van der Waals surface area contributed by atoms with Gasteiger partial charge in [-0.25, -0.2) is 13.8 Å². The second-order valence-electron chi connectivity index (χ2n) is 5.08. The van der Waals surface area contributed by atoms with E-state index < -0.39 is 11.8 Å². The molecule has 2 aromatic rings. The topological polar surface area (TPSA) is 38.1 Å². The van der Waals surface area contributed by atoms with E-state index in [2.05, 4.69) is 10.3 Å². The van der Waals surface area contributed by atoms with Crippen LogP contribution in [0.15, 0.2) is 22.6 Å². The number of hydrogen-bond donors (Lipinski definition) is 1. The van der Waals surface area contributed by atoms with Crippen LogP contribution in [0.1, 0.15) is 24.3 Å². The second-order valence-corrected chi connectivity index (χ2v) is 5.08. The molecule has 1 aromatic carbocycles. The van der Waals surface area contributed by atoms with Gasteiger partial charge in [-0.1, -0.05) is 6.07 Å². The Morgan fingerprint density at radius 2 is 2.26 bits per heavy atom. The maximum absolute atomic E-state index is 14.5. The van der Waals surface area contributed by atoms with Crippen LogP contribution in [-0.4, -0.2) is 18.1 Å². The summed E-state index contributed by atoms with van der Waals surface area (Å²) in [6.07, 6.45) is 1.34. The Morgan fingerprint density at radius 1 is 1.42 bits per heavy atom. The Hall–Kier alpha value is -1.49. The lowest BCUT2D eigenvalue weighted by atomic mass is 9.88. The highest BCUT2D eigenvalue weighted by Crippen LogP contribution is 2.40. The van der Waals surface area contributed by atoms with Crippen LogP contribution < -0.4 is 5.32 Å². The maximum atomic E-state index is 14.5. The molecule has 0 radical (unpaired) electrons. The number of nitrogens with zero attached hydrogens (tertiary/aromatic N) is 1. The fourth-order valence-corrected chi connectivity index (χ4v) is 2.64. The van der Waals surface area contributed by atoms with Crippen molar-refractivity contribution in [2.75, 3.05) is 13.1 Å². The average Bonchev–Trinajstić information content (AvgIpc) is 2.78. The smallest absolute Gasteiger partial charge is 0.277 e. The summed E-state index contributed by atoms with van der Waals surface area (Å²) in [4.78, 5) is 4.12. The van der Waals surface area contributed by atoms with E-state index in [0.717, 1.165) is 13.0 Å². The van der Waals surface area contributed by atoms with Crippen molar-refractivity contribution in [3.05, 3.63) is 29.7 Å². The van der Waals surface area contributed by atoms with Gasteiger partial charge in [0.2, 0.25) is 0 Å². The number of nitrogens with one attached hydrogen (secondary N) is 1. The van der Waals surface area contributed by atoms with Crippen molar-refractivity contribution in [2.45, 2.75) is 25.7 Å². The molecule has 0 saturated carbocycles. The predicted octanol–water partition coefficient (Wildman–Crippen LogP) is 3.23. The molecule has 1 aromatic heterocycles.